The maximum absolute atomic E-state index is 5.54. The maximum atomic E-state index is 5.54. The number of ether oxygens (including phenoxy) is 1. The average molecular weight is 304 g/mol. The number of halogens is 1. The zero-order chi connectivity index (χ0) is 12.7. The van der Waals surface area contributed by atoms with E-state index in [-0.39, 0.29) is 12.1 Å². The lowest BCUT2D eigenvalue weighted by molar-refractivity contribution is 0.105. The van der Waals surface area contributed by atoms with Crippen LogP contribution in [-0.2, 0) is 4.74 Å². The van der Waals surface area contributed by atoms with Gasteiger partial charge in [0.05, 0.1) is 22.9 Å². The SMILES string of the molecule is CCCNC(CCC(C)OC)c1occc1Br. The van der Waals surface area contributed by atoms with Crippen LogP contribution in [0.4, 0.5) is 0 Å². The second-order valence-corrected chi connectivity index (χ2v) is 5.12. The molecular weight excluding hydrogens is 282 g/mol. The van der Waals surface area contributed by atoms with Gasteiger partial charge < -0.3 is 14.5 Å². The van der Waals surface area contributed by atoms with E-state index in [1.807, 2.05) is 6.07 Å². The Morgan fingerprint density at radius 3 is 2.76 bits per heavy atom. The van der Waals surface area contributed by atoms with Gasteiger partial charge in [0.2, 0.25) is 0 Å². The monoisotopic (exact) mass is 303 g/mol. The van der Waals surface area contributed by atoms with Crippen LogP contribution in [0.3, 0.4) is 0 Å². The summed E-state index contributed by atoms with van der Waals surface area (Å²) < 4.78 is 11.9. The Hall–Kier alpha value is -0.320. The van der Waals surface area contributed by atoms with Crippen LogP contribution in [0.1, 0.15) is 44.9 Å². The molecule has 0 spiro atoms. The number of hydrogen-bond donors (Lipinski definition) is 1. The fourth-order valence-corrected chi connectivity index (χ4v) is 2.20. The number of methoxy groups -OCH3 is 1. The summed E-state index contributed by atoms with van der Waals surface area (Å²) in [7, 11) is 1.75. The lowest BCUT2D eigenvalue weighted by Crippen LogP contribution is -2.23. The molecule has 0 radical (unpaired) electrons. The minimum absolute atomic E-state index is 0.261. The van der Waals surface area contributed by atoms with Crippen molar-refractivity contribution in [1.82, 2.24) is 5.32 Å². The van der Waals surface area contributed by atoms with E-state index < -0.39 is 0 Å². The highest BCUT2D eigenvalue weighted by Gasteiger charge is 2.18. The lowest BCUT2D eigenvalue weighted by Gasteiger charge is -2.18. The molecule has 0 aliphatic rings. The van der Waals surface area contributed by atoms with Crippen LogP contribution >= 0.6 is 15.9 Å². The summed E-state index contributed by atoms with van der Waals surface area (Å²) in [6.45, 7) is 5.26. The molecule has 2 atom stereocenters. The quantitative estimate of drug-likeness (QED) is 0.791. The van der Waals surface area contributed by atoms with Gasteiger partial charge in [-0.1, -0.05) is 6.92 Å². The van der Waals surface area contributed by atoms with Crippen molar-refractivity contribution in [2.75, 3.05) is 13.7 Å². The molecule has 0 aromatic carbocycles. The molecule has 0 aliphatic heterocycles. The van der Waals surface area contributed by atoms with E-state index in [2.05, 4.69) is 35.1 Å². The van der Waals surface area contributed by atoms with Gasteiger partial charge in [0, 0.05) is 7.11 Å². The van der Waals surface area contributed by atoms with E-state index in [4.69, 9.17) is 9.15 Å². The first-order valence-electron chi connectivity index (χ1n) is 6.18. The molecule has 0 saturated heterocycles. The topological polar surface area (TPSA) is 34.4 Å². The van der Waals surface area contributed by atoms with Gasteiger partial charge in [0.25, 0.3) is 0 Å². The highest BCUT2D eigenvalue weighted by molar-refractivity contribution is 9.10. The number of rotatable bonds is 8. The zero-order valence-electron chi connectivity index (χ0n) is 10.8. The highest BCUT2D eigenvalue weighted by Crippen LogP contribution is 2.28. The van der Waals surface area contributed by atoms with Gasteiger partial charge in [-0.3, -0.25) is 0 Å². The van der Waals surface area contributed by atoms with E-state index in [9.17, 15) is 0 Å². The molecule has 0 fully saturated rings. The van der Waals surface area contributed by atoms with Gasteiger partial charge in [-0.2, -0.15) is 0 Å². The van der Waals surface area contributed by atoms with Gasteiger partial charge in [-0.05, 0) is 54.7 Å². The molecule has 98 valence electrons. The van der Waals surface area contributed by atoms with E-state index in [0.717, 1.165) is 36.0 Å². The third-order valence-corrected chi connectivity index (χ3v) is 3.52. The zero-order valence-corrected chi connectivity index (χ0v) is 12.4. The lowest BCUT2D eigenvalue weighted by atomic mass is 10.1. The smallest absolute Gasteiger partial charge is 0.134 e. The first kappa shape index (κ1) is 14.7. The fourth-order valence-electron chi connectivity index (χ4n) is 1.72. The Morgan fingerprint density at radius 1 is 1.47 bits per heavy atom. The van der Waals surface area contributed by atoms with Crippen molar-refractivity contribution in [2.24, 2.45) is 0 Å². The molecule has 17 heavy (non-hydrogen) atoms. The second kappa shape index (κ2) is 7.90. The summed E-state index contributed by atoms with van der Waals surface area (Å²) in [6, 6.07) is 2.20. The molecule has 1 aromatic heterocycles. The van der Waals surface area contributed by atoms with Crippen LogP contribution < -0.4 is 5.32 Å². The molecule has 1 heterocycles. The molecule has 0 amide bonds. The van der Waals surface area contributed by atoms with Gasteiger partial charge in [-0.15, -0.1) is 0 Å². The summed E-state index contributed by atoms with van der Waals surface area (Å²) in [6.07, 6.45) is 5.16. The Bertz CT molecular complexity index is 314. The van der Waals surface area contributed by atoms with Crippen molar-refractivity contribution < 1.29 is 9.15 Å². The molecular formula is C13H22BrNO2. The first-order chi connectivity index (χ1) is 8.19. The predicted octanol–water partition coefficient (Wildman–Crippen LogP) is 3.90. The van der Waals surface area contributed by atoms with E-state index >= 15 is 0 Å². The average Bonchev–Trinajstić information content (AvgIpc) is 2.75. The van der Waals surface area contributed by atoms with Gasteiger partial charge in [0.15, 0.2) is 0 Å². The molecule has 1 N–H and O–H groups in total. The predicted molar refractivity (Wildman–Crippen MR) is 73.1 cm³/mol. The molecule has 4 heteroatoms. The van der Waals surface area contributed by atoms with Crippen LogP contribution in [0.5, 0.6) is 0 Å². The maximum Gasteiger partial charge on any atom is 0.134 e. The first-order valence-corrected chi connectivity index (χ1v) is 6.97. The van der Waals surface area contributed by atoms with Crippen LogP contribution in [0.2, 0.25) is 0 Å². The van der Waals surface area contributed by atoms with Crippen LogP contribution in [0.15, 0.2) is 21.2 Å². The Labute approximate surface area is 112 Å². The summed E-state index contributed by atoms with van der Waals surface area (Å²) in [5.41, 5.74) is 0. The van der Waals surface area contributed by atoms with E-state index in [1.165, 1.54) is 0 Å². The third kappa shape index (κ3) is 4.82. The van der Waals surface area contributed by atoms with Crippen LogP contribution in [0.25, 0.3) is 0 Å². The van der Waals surface area contributed by atoms with Crippen molar-refractivity contribution in [2.45, 2.75) is 45.3 Å². The Kier molecular flexibility index (Phi) is 6.85. The summed E-state index contributed by atoms with van der Waals surface area (Å²) >= 11 is 3.52. The van der Waals surface area contributed by atoms with Gasteiger partial charge >= 0.3 is 0 Å². The van der Waals surface area contributed by atoms with Crippen LogP contribution in [0, 0.1) is 0 Å². The number of hydrogen-bond acceptors (Lipinski definition) is 3. The Balaban J connectivity index is 2.57. The van der Waals surface area contributed by atoms with Gasteiger partial charge in [0.1, 0.15) is 5.76 Å². The minimum Gasteiger partial charge on any atom is -0.466 e. The third-order valence-electron chi connectivity index (χ3n) is 2.87. The van der Waals surface area contributed by atoms with E-state index in [1.54, 1.807) is 13.4 Å². The van der Waals surface area contributed by atoms with Crippen molar-refractivity contribution in [1.29, 1.82) is 0 Å². The molecule has 3 nitrogen and oxygen atoms in total. The normalized spacial score (nSPS) is 14.8. The molecule has 0 aliphatic carbocycles. The fraction of sp³-hybridized carbons (Fsp3) is 0.692. The van der Waals surface area contributed by atoms with E-state index in [0.29, 0.717) is 0 Å². The largest absolute Gasteiger partial charge is 0.466 e. The van der Waals surface area contributed by atoms with Crippen molar-refractivity contribution in [3.8, 4) is 0 Å². The van der Waals surface area contributed by atoms with Crippen molar-refractivity contribution >= 4 is 15.9 Å². The molecule has 0 bridgehead atoms. The molecule has 1 aromatic rings. The standard InChI is InChI=1S/C13H22BrNO2/c1-4-8-15-12(6-5-10(2)16-3)13-11(14)7-9-17-13/h7,9-10,12,15H,4-6,8H2,1-3H3. The summed E-state index contributed by atoms with van der Waals surface area (Å²) in [5.74, 6) is 0.988. The highest BCUT2D eigenvalue weighted by atomic mass is 79.9. The Morgan fingerprint density at radius 2 is 2.24 bits per heavy atom. The molecule has 1 rings (SSSR count). The van der Waals surface area contributed by atoms with Crippen LogP contribution in [-0.4, -0.2) is 19.8 Å². The molecule has 2 unspecified atom stereocenters. The molecule has 0 saturated carbocycles. The van der Waals surface area contributed by atoms with Gasteiger partial charge in [-0.25, -0.2) is 0 Å². The second-order valence-electron chi connectivity index (χ2n) is 4.26. The number of furan rings is 1. The summed E-state index contributed by atoms with van der Waals surface area (Å²) in [4.78, 5) is 0. The van der Waals surface area contributed by atoms with Crippen molar-refractivity contribution in [3.05, 3.63) is 22.6 Å². The van der Waals surface area contributed by atoms with Crippen molar-refractivity contribution in [3.63, 3.8) is 0 Å². The summed E-state index contributed by atoms with van der Waals surface area (Å²) in [5, 5.41) is 3.51. The minimum atomic E-state index is 0.261. The number of nitrogens with one attached hydrogen (secondary N) is 1.